The molecule has 4 rings (SSSR count). The van der Waals surface area contributed by atoms with Crippen molar-refractivity contribution in [3.05, 3.63) is 39.7 Å². The van der Waals surface area contributed by atoms with Gasteiger partial charge in [0.1, 0.15) is 5.82 Å². The van der Waals surface area contributed by atoms with Crippen molar-refractivity contribution in [3.63, 3.8) is 0 Å². The van der Waals surface area contributed by atoms with Gasteiger partial charge in [-0.25, -0.2) is 18.1 Å². The third kappa shape index (κ3) is 4.15. The standard InChI is InChI=1S/C19H28N6O3S/c1-15-20-18(14-22(15)2)29(27,28)24-10-7-23(8-11-24)9-12-25-19(26)13-16-5-3-4-6-17(16)21-25/h13-14H,3-12H2,1-2H3. The number of aromatic nitrogens is 4. The molecule has 0 N–H and O–H groups in total. The lowest BCUT2D eigenvalue weighted by atomic mass is 9.97. The molecule has 2 aromatic rings. The summed E-state index contributed by atoms with van der Waals surface area (Å²) in [5.41, 5.74) is 2.11. The zero-order valence-electron chi connectivity index (χ0n) is 17.0. The Kier molecular flexibility index (Phi) is 5.58. The average molecular weight is 421 g/mol. The molecule has 3 heterocycles. The highest BCUT2D eigenvalue weighted by atomic mass is 32.2. The predicted octanol–water partition coefficient (Wildman–Crippen LogP) is 0.171. The molecule has 1 fully saturated rings. The number of nitrogens with zero attached hydrogens (tertiary/aromatic N) is 6. The number of piperazine rings is 1. The highest BCUT2D eigenvalue weighted by Gasteiger charge is 2.30. The van der Waals surface area contributed by atoms with Crippen LogP contribution in [0, 0.1) is 6.92 Å². The van der Waals surface area contributed by atoms with E-state index in [1.165, 1.54) is 4.31 Å². The maximum Gasteiger partial charge on any atom is 0.267 e. The molecule has 0 bridgehead atoms. The Labute approximate surface area is 171 Å². The molecule has 29 heavy (non-hydrogen) atoms. The minimum absolute atomic E-state index is 0.0441. The number of hydrogen-bond acceptors (Lipinski definition) is 6. The van der Waals surface area contributed by atoms with Crippen LogP contribution in [-0.2, 0) is 36.5 Å². The quantitative estimate of drug-likeness (QED) is 0.685. The predicted molar refractivity (Wildman–Crippen MR) is 108 cm³/mol. The fourth-order valence-electron chi connectivity index (χ4n) is 3.97. The van der Waals surface area contributed by atoms with E-state index >= 15 is 0 Å². The first-order valence-corrected chi connectivity index (χ1v) is 11.6. The molecule has 0 saturated carbocycles. The molecule has 0 aromatic carbocycles. The number of aryl methyl sites for hydroxylation is 4. The largest absolute Gasteiger partial charge is 0.337 e. The summed E-state index contributed by atoms with van der Waals surface area (Å²) >= 11 is 0. The van der Waals surface area contributed by atoms with Crippen LogP contribution in [0.15, 0.2) is 22.1 Å². The molecule has 1 saturated heterocycles. The SMILES string of the molecule is Cc1nc(S(=O)(=O)N2CCN(CCn3nc4c(cc3=O)CCCC4)CC2)cn1C. The van der Waals surface area contributed by atoms with E-state index in [0.717, 1.165) is 36.9 Å². The molecule has 2 aromatic heterocycles. The summed E-state index contributed by atoms with van der Waals surface area (Å²) in [7, 11) is -1.78. The van der Waals surface area contributed by atoms with Gasteiger partial charge in [0.05, 0.1) is 12.2 Å². The van der Waals surface area contributed by atoms with Crippen LogP contribution in [0.1, 0.15) is 29.9 Å². The summed E-state index contributed by atoms with van der Waals surface area (Å²) in [6.07, 6.45) is 5.71. The monoisotopic (exact) mass is 420 g/mol. The van der Waals surface area contributed by atoms with Crippen LogP contribution in [0.4, 0.5) is 0 Å². The summed E-state index contributed by atoms with van der Waals surface area (Å²) in [6, 6.07) is 1.74. The van der Waals surface area contributed by atoms with Gasteiger partial charge in [-0.15, -0.1) is 0 Å². The minimum Gasteiger partial charge on any atom is -0.337 e. The summed E-state index contributed by atoms with van der Waals surface area (Å²) in [6.45, 7) is 5.10. The molecule has 9 nitrogen and oxygen atoms in total. The van der Waals surface area contributed by atoms with Crippen molar-refractivity contribution in [2.24, 2.45) is 7.05 Å². The van der Waals surface area contributed by atoms with Crippen molar-refractivity contribution < 1.29 is 8.42 Å². The van der Waals surface area contributed by atoms with Gasteiger partial charge in [-0.1, -0.05) is 0 Å². The van der Waals surface area contributed by atoms with E-state index in [-0.39, 0.29) is 10.6 Å². The molecule has 0 spiro atoms. The van der Waals surface area contributed by atoms with Gasteiger partial charge in [0.15, 0.2) is 5.03 Å². The fraction of sp³-hybridized carbons (Fsp3) is 0.632. The van der Waals surface area contributed by atoms with E-state index in [1.807, 2.05) is 0 Å². The summed E-state index contributed by atoms with van der Waals surface area (Å²) in [4.78, 5) is 18.7. The van der Waals surface area contributed by atoms with E-state index in [0.29, 0.717) is 45.1 Å². The second-order valence-electron chi connectivity index (χ2n) is 7.87. The number of sulfonamides is 1. The van der Waals surface area contributed by atoms with Crippen molar-refractivity contribution >= 4 is 10.0 Å². The molecule has 158 valence electrons. The van der Waals surface area contributed by atoms with Crippen LogP contribution in [0.3, 0.4) is 0 Å². The lowest BCUT2D eigenvalue weighted by Gasteiger charge is -2.33. The van der Waals surface area contributed by atoms with Crippen molar-refractivity contribution in [1.82, 2.24) is 28.5 Å². The first-order chi connectivity index (χ1) is 13.8. The molecular formula is C19H28N6O3S. The Morgan fingerprint density at radius 1 is 1.07 bits per heavy atom. The molecule has 1 aliphatic carbocycles. The summed E-state index contributed by atoms with van der Waals surface area (Å²) < 4.78 is 30.4. The lowest BCUT2D eigenvalue weighted by Crippen LogP contribution is -2.49. The van der Waals surface area contributed by atoms with Crippen molar-refractivity contribution in [2.75, 3.05) is 32.7 Å². The molecule has 0 radical (unpaired) electrons. The Morgan fingerprint density at radius 3 is 2.48 bits per heavy atom. The van der Waals surface area contributed by atoms with Gasteiger partial charge in [0, 0.05) is 52.0 Å². The number of fused-ring (bicyclic) bond motifs is 1. The zero-order chi connectivity index (χ0) is 20.6. The normalized spacial score (nSPS) is 18.7. The Morgan fingerprint density at radius 2 is 1.79 bits per heavy atom. The van der Waals surface area contributed by atoms with Crippen LogP contribution in [0.2, 0.25) is 0 Å². The molecule has 0 atom stereocenters. The second-order valence-corrected chi connectivity index (χ2v) is 9.75. The summed E-state index contributed by atoms with van der Waals surface area (Å²) in [5, 5.41) is 4.67. The average Bonchev–Trinajstić information content (AvgIpc) is 3.06. The lowest BCUT2D eigenvalue weighted by molar-refractivity contribution is 0.179. The Balaban J connectivity index is 1.35. The molecule has 2 aliphatic rings. The highest BCUT2D eigenvalue weighted by Crippen LogP contribution is 2.18. The zero-order valence-corrected chi connectivity index (χ0v) is 17.9. The molecule has 1 aliphatic heterocycles. The van der Waals surface area contributed by atoms with Crippen LogP contribution in [0.5, 0.6) is 0 Å². The topological polar surface area (TPSA) is 93.3 Å². The third-order valence-corrected chi connectivity index (χ3v) is 7.69. The minimum atomic E-state index is -3.56. The first-order valence-electron chi connectivity index (χ1n) is 10.2. The molecular weight excluding hydrogens is 392 g/mol. The van der Waals surface area contributed by atoms with E-state index in [4.69, 9.17) is 0 Å². The van der Waals surface area contributed by atoms with Gasteiger partial charge in [-0.3, -0.25) is 9.69 Å². The van der Waals surface area contributed by atoms with E-state index < -0.39 is 10.0 Å². The Bertz CT molecular complexity index is 1030. The van der Waals surface area contributed by atoms with Crippen LogP contribution < -0.4 is 5.56 Å². The van der Waals surface area contributed by atoms with Gasteiger partial charge < -0.3 is 4.57 Å². The van der Waals surface area contributed by atoms with Gasteiger partial charge in [-0.05, 0) is 38.2 Å². The van der Waals surface area contributed by atoms with E-state index in [1.54, 1.807) is 35.5 Å². The number of hydrogen-bond donors (Lipinski definition) is 0. The molecule has 10 heteroatoms. The van der Waals surface area contributed by atoms with Crippen LogP contribution >= 0.6 is 0 Å². The third-order valence-electron chi connectivity index (χ3n) is 5.92. The Hall–Kier alpha value is -2.04. The van der Waals surface area contributed by atoms with Crippen molar-refractivity contribution in [1.29, 1.82) is 0 Å². The smallest absolute Gasteiger partial charge is 0.267 e. The highest BCUT2D eigenvalue weighted by molar-refractivity contribution is 7.89. The maximum atomic E-state index is 12.8. The molecule has 0 amide bonds. The first kappa shape index (κ1) is 20.2. The van der Waals surface area contributed by atoms with Gasteiger partial charge in [0.2, 0.25) is 0 Å². The molecule has 0 unspecified atom stereocenters. The van der Waals surface area contributed by atoms with Gasteiger partial charge >= 0.3 is 0 Å². The van der Waals surface area contributed by atoms with Crippen molar-refractivity contribution in [3.8, 4) is 0 Å². The van der Waals surface area contributed by atoms with Gasteiger partial charge in [0.25, 0.3) is 15.6 Å². The maximum absolute atomic E-state index is 12.8. The number of rotatable bonds is 5. The summed E-state index contributed by atoms with van der Waals surface area (Å²) in [5.74, 6) is 0.671. The fourth-order valence-corrected chi connectivity index (χ4v) is 5.42. The van der Waals surface area contributed by atoms with Gasteiger partial charge in [-0.2, -0.15) is 9.40 Å². The second kappa shape index (κ2) is 8.00. The van der Waals surface area contributed by atoms with E-state index in [2.05, 4.69) is 15.0 Å². The van der Waals surface area contributed by atoms with Crippen molar-refractivity contribution in [2.45, 2.75) is 44.2 Å². The van der Waals surface area contributed by atoms with E-state index in [9.17, 15) is 13.2 Å². The van der Waals surface area contributed by atoms with Crippen LogP contribution in [-0.4, -0.2) is 69.7 Å². The number of imidazole rings is 1. The van der Waals surface area contributed by atoms with Crippen LogP contribution in [0.25, 0.3) is 0 Å².